The lowest BCUT2D eigenvalue weighted by atomic mass is 10.0. The highest BCUT2D eigenvalue weighted by molar-refractivity contribution is 7.11. The molecular formula is C17H15N3OS. The van der Waals surface area contributed by atoms with Crippen molar-refractivity contribution in [2.75, 3.05) is 0 Å². The molecule has 1 amide bonds. The Bertz CT molecular complexity index is 781. The molecular weight excluding hydrogens is 294 g/mol. The number of nitrogens with zero attached hydrogens (tertiary/aromatic N) is 2. The van der Waals surface area contributed by atoms with E-state index in [-0.39, 0.29) is 11.4 Å². The highest BCUT2D eigenvalue weighted by atomic mass is 32.1. The largest absolute Gasteiger partial charge is 0.342 e. The maximum atomic E-state index is 12.6. The van der Waals surface area contributed by atoms with Crippen molar-refractivity contribution < 1.29 is 4.79 Å². The minimum absolute atomic E-state index is 0.0238. The van der Waals surface area contributed by atoms with E-state index in [0.29, 0.717) is 11.5 Å². The van der Waals surface area contributed by atoms with Gasteiger partial charge in [-0.15, -0.1) is 11.3 Å². The van der Waals surface area contributed by atoms with Crippen LogP contribution < -0.4 is 5.32 Å². The molecule has 0 radical (unpaired) electrons. The van der Waals surface area contributed by atoms with Crippen molar-refractivity contribution >= 4 is 17.2 Å². The third-order valence-corrected chi connectivity index (χ3v) is 5.25. The summed E-state index contributed by atoms with van der Waals surface area (Å²) in [7, 11) is 0. The molecule has 0 bridgehead atoms. The lowest BCUT2D eigenvalue weighted by Gasteiger charge is -2.18. The molecule has 110 valence electrons. The van der Waals surface area contributed by atoms with Crippen LogP contribution in [0.5, 0.6) is 0 Å². The van der Waals surface area contributed by atoms with E-state index in [9.17, 15) is 4.79 Å². The number of amides is 1. The zero-order valence-corrected chi connectivity index (χ0v) is 12.8. The van der Waals surface area contributed by atoms with Gasteiger partial charge in [-0.25, -0.2) is 4.98 Å². The van der Waals surface area contributed by atoms with E-state index >= 15 is 0 Å². The predicted octanol–water partition coefficient (Wildman–Crippen LogP) is 3.31. The standard InChI is InChI=1S/C17H15N3OS/c18-9-11-2-1-3-13(8-11)17(6-7-17)20-16(21)15-14(12-4-5-12)19-10-22-15/h1-3,8,10,12H,4-7H2,(H,20,21). The first-order valence-electron chi connectivity index (χ1n) is 7.48. The van der Waals surface area contributed by atoms with Gasteiger partial charge in [0.25, 0.3) is 5.91 Å². The quantitative estimate of drug-likeness (QED) is 0.942. The fraction of sp³-hybridized carbons (Fsp3) is 0.353. The fourth-order valence-electron chi connectivity index (χ4n) is 2.84. The van der Waals surface area contributed by atoms with Gasteiger partial charge in [-0.2, -0.15) is 5.26 Å². The van der Waals surface area contributed by atoms with Crippen molar-refractivity contribution in [1.82, 2.24) is 10.3 Å². The van der Waals surface area contributed by atoms with E-state index in [1.807, 2.05) is 18.2 Å². The third kappa shape index (κ3) is 2.30. The first kappa shape index (κ1) is 13.5. The molecule has 2 fully saturated rings. The molecule has 0 saturated heterocycles. The molecule has 5 heteroatoms. The van der Waals surface area contributed by atoms with Gasteiger partial charge < -0.3 is 5.32 Å². The minimum atomic E-state index is -0.297. The van der Waals surface area contributed by atoms with Gasteiger partial charge in [0, 0.05) is 5.92 Å². The van der Waals surface area contributed by atoms with E-state index in [1.165, 1.54) is 11.3 Å². The van der Waals surface area contributed by atoms with Gasteiger partial charge in [-0.1, -0.05) is 12.1 Å². The topological polar surface area (TPSA) is 65.8 Å². The first-order chi connectivity index (χ1) is 10.7. The van der Waals surface area contributed by atoms with Gasteiger partial charge in [-0.3, -0.25) is 4.79 Å². The summed E-state index contributed by atoms with van der Waals surface area (Å²) >= 11 is 1.42. The number of nitriles is 1. The Morgan fingerprint density at radius 3 is 2.91 bits per heavy atom. The average Bonchev–Trinajstić information content (AvgIpc) is 3.48. The summed E-state index contributed by atoms with van der Waals surface area (Å²) in [5.74, 6) is 0.452. The second-order valence-corrected chi connectivity index (χ2v) is 6.92. The van der Waals surface area contributed by atoms with Gasteiger partial charge in [0.05, 0.1) is 28.4 Å². The molecule has 0 unspecified atom stereocenters. The highest BCUT2D eigenvalue weighted by Gasteiger charge is 2.46. The Morgan fingerprint density at radius 1 is 1.41 bits per heavy atom. The van der Waals surface area contributed by atoms with Crippen LogP contribution in [0.25, 0.3) is 0 Å². The second kappa shape index (κ2) is 4.92. The smallest absolute Gasteiger partial charge is 0.263 e. The number of hydrogen-bond acceptors (Lipinski definition) is 4. The molecule has 2 aliphatic rings. The van der Waals surface area contributed by atoms with Gasteiger partial charge in [0.1, 0.15) is 4.88 Å². The van der Waals surface area contributed by atoms with Crippen LogP contribution >= 0.6 is 11.3 Å². The van der Waals surface area contributed by atoms with Gasteiger partial charge in [0.2, 0.25) is 0 Å². The molecule has 1 aromatic heterocycles. The Hall–Kier alpha value is -2.19. The Morgan fingerprint density at radius 2 is 2.23 bits per heavy atom. The SMILES string of the molecule is N#Cc1cccc(C2(NC(=O)c3scnc3C3CC3)CC2)c1. The number of thiazole rings is 1. The number of nitrogens with one attached hydrogen (secondary N) is 1. The normalized spacial score (nSPS) is 18.5. The van der Waals surface area contributed by atoms with Crippen molar-refractivity contribution in [2.24, 2.45) is 0 Å². The summed E-state index contributed by atoms with van der Waals surface area (Å²) in [6.45, 7) is 0. The molecule has 2 aliphatic carbocycles. The minimum Gasteiger partial charge on any atom is -0.342 e. The molecule has 1 aromatic carbocycles. The summed E-state index contributed by atoms with van der Waals surface area (Å²) < 4.78 is 0. The maximum absolute atomic E-state index is 12.6. The number of rotatable bonds is 4. The van der Waals surface area contributed by atoms with E-state index in [1.54, 1.807) is 11.6 Å². The van der Waals surface area contributed by atoms with Crippen molar-refractivity contribution in [3.63, 3.8) is 0 Å². The highest BCUT2D eigenvalue weighted by Crippen LogP contribution is 2.47. The molecule has 0 aliphatic heterocycles. The first-order valence-corrected chi connectivity index (χ1v) is 8.36. The van der Waals surface area contributed by atoms with Crippen LogP contribution in [0.3, 0.4) is 0 Å². The molecule has 2 saturated carbocycles. The molecule has 0 atom stereocenters. The molecule has 0 spiro atoms. The van der Waals surface area contributed by atoms with Crippen LogP contribution in [0.1, 0.15) is 58.1 Å². The second-order valence-electron chi connectivity index (χ2n) is 6.07. The zero-order valence-electron chi connectivity index (χ0n) is 12.0. The Kier molecular flexibility index (Phi) is 3.02. The van der Waals surface area contributed by atoms with Crippen molar-refractivity contribution in [3.8, 4) is 6.07 Å². The number of hydrogen-bond donors (Lipinski definition) is 1. The van der Waals surface area contributed by atoms with E-state index in [2.05, 4.69) is 16.4 Å². The third-order valence-electron chi connectivity index (χ3n) is 4.41. The molecule has 22 heavy (non-hydrogen) atoms. The summed E-state index contributed by atoms with van der Waals surface area (Å²) in [6.07, 6.45) is 4.12. The molecule has 2 aromatic rings. The lowest BCUT2D eigenvalue weighted by molar-refractivity contribution is 0.0933. The van der Waals surface area contributed by atoms with Gasteiger partial charge in [-0.05, 0) is 43.4 Å². The van der Waals surface area contributed by atoms with Gasteiger partial charge >= 0.3 is 0 Å². The van der Waals surface area contributed by atoms with E-state index < -0.39 is 0 Å². The molecule has 1 N–H and O–H groups in total. The zero-order chi connectivity index (χ0) is 15.2. The number of benzene rings is 1. The van der Waals surface area contributed by atoms with Crippen LogP contribution in [0, 0.1) is 11.3 Å². The summed E-state index contributed by atoms with van der Waals surface area (Å²) in [6, 6.07) is 9.69. The average molecular weight is 309 g/mol. The Balaban J connectivity index is 1.58. The Labute approximate surface area is 132 Å². The van der Waals surface area contributed by atoms with Crippen molar-refractivity contribution in [2.45, 2.75) is 37.1 Å². The molecule has 4 nitrogen and oxygen atoms in total. The lowest BCUT2D eigenvalue weighted by Crippen LogP contribution is -2.34. The molecule has 4 rings (SSSR count). The predicted molar refractivity (Wildman–Crippen MR) is 83.6 cm³/mol. The number of aromatic nitrogens is 1. The van der Waals surface area contributed by atoms with E-state index in [4.69, 9.17) is 5.26 Å². The van der Waals surface area contributed by atoms with Crippen LogP contribution in [-0.4, -0.2) is 10.9 Å². The van der Waals surface area contributed by atoms with E-state index in [0.717, 1.165) is 41.8 Å². The van der Waals surface area contributed by atoms with Crippen LogP contribution in [0.15, 0.2) is 29.8 Å². The van der Waals surface area contributed by atoms with Crippen LogP contribution in [0.4, 0.5) is 0 Å². The van der Waals surface area contributed by atoms with Crippen LogP contribution in [0.2, 0.25) is 0 Å². The van der Waals surface area contributed by atoms with Crippen molar-refractivity contribution in [1.29, 1.82) is 5.26 Å². The summed E-state index contributed by atoms with van der Waals surface area (Å²) in [4.78, 5) is 17.8. The number of carbonyl (C=O) groups is 1. The van der Waals surface area contributed by atoms with Crippen molar-refractivity contribution in [3.05, 3.63) is 51.5 Å². The number of carbonyl (C=O) groups excluding carboxylic acids is 1. The maximum Gasteiger partial charge on any atom is 0.263 e. The monoisotopic (exact) mass is 309 g/mol. The van der Waals surface area contributed by atoms with Crippen LogP contribution in [-0.2, 0) is 5.54 Å². The summed E-state index contributed by atoms with van der Waals surface area (Å²) in [5, 5.41) is 12.2. The van der Waals surface area contributed by atoms with Gasteiger partial charge in [0.15, 0.2) is 0 Å². The molecule has 1 heterocycles. The fourth-order valence-corrected chi connectivity index (χ4v) is 3.61. The summed E-state index contributed by atoms with van der Waals surface area (Å²) in [5.41, 5.74) is 4.09.